The molecule has 1 amide bonds. The zero-order valence-electron chi connectivity index (χ0n) is 9.08. The number of amides is 1. The normalized spacial score (nSPS) is 16.3. The Morgan fingerprint density at radius 2 is 2.25 bits per heavy atom. The van der Waals surface area contributed by atoms with Crippen LogP contribution >= 0.6 is 15.9 Å². The van der Waals surface area contributed by atoms with Crippen LogP contribution in [0.2, 0.25) is 0 Å². The first-order valence-corrected chi connectivity index (χ1v) is 6.45. The summed E-state index contributed by atoms with van der Waals surface area (Å²) in [6.07, 6.45) is 7.23. The first-order valence-electron chi connectivity index (χ1n) is 5.66. The zero-order chi connectivity index (χ0) is 11.4. The van der Waals surface area contributed by atoms with Crippen molar-refractivity contribution in [3.05, 3.63) is 22.8 Å². The molecule has 0 bridgehead atoms. The summed E-state index contributed by atoms with van der Waals surface area (Å²) in [5.74, 6) is 1.26. The van der Waals surface area contributed by atoms with Crippen molar-refractivity contribution >= 4 is 27.7 Å². The van der Waals surface area contributed by atoms with E-state index < -0.39 is 0 Å². The summed E-state index contributed by atoms with van der Waals surface area (Å²) in [5, 5.41) is 2.84. The van der Waals surface area contributed by atoms with Gasteiger partial charge in [-0.1, -0.05) is 12.8 Å². The number of hydrogen-bond donors (Lipinski definition) is 1. The van der Waals surface area contributed by atoms with Crippen LogP contribution in [-0.2, 0) is 4.79 Å². The van der Waals surface area contributed by atoms with Gasteiger partial charge in [0.1, 0.15) is 5.82 Å². The molecule has 2 rings (SSSR count). The van der Waals surface area contributed by atoms with Crippen molar-refractivity contribution in [3.8, 4) is 0 Å². The second-order valence-electron chi connectivity index (χ2n) is 4.24. The van der Waals surface area contributed by atoms with Gasteiger partial charge in [-0.3, -0.25) is 4.79 Å². The number of halogens is 1. The van der Waals surface area contributed by atoms with Gasteiger partial charge in [-0.05, 0) is 46.8 Å². The highest BCUT2D eigenvalue weighted by Crippen LogP contribution is 2.28. The second-order valence-corrected chi connectivity index (χ2v) is 5.09. The van der Waals surface area contributed by atoms with Gasteiger partial charge < -0.3 is 5.32 Å². The van der Waals surface area contributed by atoms with Crippen molar-refractivity contribution in [2.24, 2.45) is 5.92 Å². The van der Waals surface area contributed by atoms with Gasteiger partial charge in [-0.2, -0.15) is 0 Å². The lowest BCUT2D eigenvalue weighted by molar-refractivity contribution is -0.117. The van der Waals surface area contributed by atoms with E-state index in [-0.39, 0.29) is 5.91 Å². The van der Waals surface area contributed by atoms with Gasteiger partial charge in [0.25, 0.3) is 0 Å². The fraction of sp³-hybridized carbons (Fsp3) is 0.500. The number of pyridine rings is 1. The average molecular weight is 283 g/mol. The lowest BCUT2D eigenvalue weighted by Gasteiger charge is -2.09. The minimum Gasteiger partial charge on any atom is -0.310 e. The number of nitrogens with one attached hydrogen (secondary N) is 1. The molecule has 3 nitrogen and oxygen atoms in total. The lowest BCUT2D eigenvalue weighted by atomic mass is 10.0. The van der Waals surface area contributed by atoms with E-state index in [2.05, 4.69) is 26.2 Å². The summed E-state index contributed by atoms with van der Waals surface area (Å²) in [7, 11) is 0. The van der Waals surface area contributed by atoms with Gasteiger partial charge in [0.05, 0.1) is 4.47 Å². The molecule has 0 spiro atoms. The second kappa shape index (κ2) is 5.43. The summed E-state index contributed by atoms with van der Waals surface area (Å²) in [5.41, 5.74) is 0. The molecule has 0 atom stereocenters. The topological polar surface area (TPSA) is 42.0 Å². The molecule has 1 fully saturated rings. The van der Waals surface area contributed by atoms with Crippen LogP contribution in [0.15, 0.2) is 22.8 Å². The van der Waals surface area contributed by atoms with Crippen molar-refractivity contribution in [2.45, 2.75) is 32.1 Å². The lowest BCUT2D eigenvalue weighted by Crippen LogP contribution is -2.16. The quantitative estimate of drug-likeness (QED) is 0.924. The maximum atomic E-state index is 11.7. The van der Waals surface area contributed by atoms with Crippen molar-refractivity contribution in [2.75, 3.05) is 5.32 Å². The van der Waals surface area contributed by atoms with E-state index in [4.69, 9.17) is 0 Å². The molecule has 0 aliphatic heterocycles. The number of rotatable bonds is 3. The van der Waals surface area contributed by atoms with Crippen LogP contribution in [0.5, 0.6) is 0 Å². The van der Waals surface area contributed by atoms with E-state index in [0.29, 0.717) is 18.2 Å². The summed E-state index contributed by atoms with van der Waals surface area (Å²) in [6.45, 7) is 0. The molecule has 16 heavy (non-hydrogen) atoms. The highest BCUT2D eigenvalue weighted by atomic mass is 79.9. The number of aromatic nitrogens is 1. The molecule has 1 aromatic rings. The molecule has 0 saturated heterocycles. The molecule has 1 saturated carbocycles. The fourth-order valence-electron chi connectivity index (χ4n) is 2.14. The SMILES string of the molecule is O=C(CC1CCCC1)Nc1ncccc1Br. The summed E-state index contributed by atoms with van der Waals surface area (Å²) >= 11 is 3.36. The number of anilines is 1. The van der Waals surface area contributed by atoms with Gasteiger partial charge in [0, 0.05) is 12.6 Å². The molecular formula is C12H15BrN2O. The van der Waals surface area contributed by atoms with Gasteiger partial charge >= 0.3 is 0 Å². The Kier molecular flexibility index (Phi) is 3.93. The van der Waals surface area contributed by atoms with Crippen molar-refractivity contribution in [1.29, 1.82) is 0 Å². The zero-order valence-corrected chi connectivity index (χ0v) is 10.7. The largest absolute Gasteiger partial charge is 0.310 e. The van der Waals surface area contributed by atoms with E-state index >= 15 is 0 Å². The predicted molar refractivity (Wildman–Crippen MR) is 67.1 cm³/mol. The highest BCUT2D eigenvalue weighted by Gasteiger charge is 2.18. The molecule has 1 heterocycles. The fourth-order valence-corrected chi connectivity index (χ4v) is 2.49. The van der Waals surface area contributed by atoms with Gasteiger partial charge in [-0.15, -0.1) is 0 Å². The number of carbonyl (C=O) groups is 1. The third-order valence-electron chi connectivity index (χ3n) is 2.97. The molecule has 1 aliphatic carbocycles. The number of carbonyl (C=O) groups excluding carboxylic acids is 1. The van der Waals surface area contributed by atoms with E-state index in [1.807, 2.05) is 12.1 Å². The Labute approximate surface area is 104 Å². The predicted octanol–water partition coefficient (Wildman–Crippen LogP) is 3.36. The van der Waals surface area contributed by atoms with Crippen LogP contribution in [0, 0.1) is 5.92 Å². The van der Waals surface area contributed by atoms with E-state index in [1.165, 1.54) is 25.7 Å². The molecule has 1 aromatic heterocycles. The Hall–Kier alpha value is -0.900. The first kappa shape index (κ1) is 11.6. The van der Waals surface area contributed by atoms with Crippen molar-refractivity contribution < 1.29 is 4.79 Å². The van der Waals surface area contributed by atoms with Crippen LogP contribution in [0.1, 0.15) is 32.1 Å². The maximum Gasteiger partial charge on any atom is 0.225 e. The number of hydrogen-bond acceptors (Lipinski definition) is 2. The van der Waals surface area contributed by atoms with E-state index in [1.54, 1.807) is 6.20 Å². The Morgan fingerprint density at radius 3 is 2.94 bits per heavy atom. The molecule has 4 heteroatoms. The van der Waals surface area contributed by atoms with E-state index in [0.717, 1.165) is 4.47 Å². The minimum atomic E-state index is 0.0753. The molecule has 0 unspecified atom stereocenters. The summed E-state index contributed by atoms with van der Waals surface area (Å²) < 4.78 is 0.828. The summed E-state index contributed by atoms with van der Waals surface area (Å²) in [4.78, 5) is 15.9. The molecular weight excluding hydrogens is 268 g/mol. The molecule has 86 valence electrons. The third kappa shape index (κ3) is 3.04. The Balaban J connectivity index is 1.89. The van der Waals surface area contributed by atoms with E-state index in [9.17, 15) is 4.79 Å². The molecule has 0 radical (unpaired) electrons. The van der Waals surface area contributed by atoms with Crippen molar-refractivity contribution in [1.82, 2.24) is 4.98 Å². The van der Waals surface area contributed by atoms with Gasteiger partial charge in [-0.25, -0.2) is 4.98 Å². The third-order valence-corrected chi connectivity index (χ3v) is 3.61. The highest BCUT2D eigenvalue weighted by molar-refractivity contribution is 9.10. The van der Waals surface area contributed by atoms with Crippen LogP contribution in [0.25, 0.3) is 0 Å². The number of nitrogens with zero attached hydrogens (tertiary/aromatic N) is 1. The van der Waals surface area contributed by atoms with Crippen LogP contribution in [0.4, 0.5) is 5.82 Å². The van der Waals surface area contributed by atoms with Gasteiger partial charge in [0.15, 0.2) is 0 Å². The minimum absolute atomic E-state index is 0.0753. The van der Waals surface area contributed by atoms with Crippen molar-refractivity contribution in [3.63, 3.8) is 0 Å². The monoisotopic (exact) mass is 282 g/mol. The molecule has 0 aromatic carbocycles. The maximum absolute atomic E-state index is 11.7. The Morgan fingerprint density at radius 1 is 1.50 bits per heavy atom. The van der Waals surface area contributed by atoms with Crippen LogP contribution in [0.3, 0.4) is 0 Å². The Bertz CT molecular complexity index is 375. The molecule has 1 N–H and O–H groups in total. The average Bonchev–Trinajstić information content (AvgIpc) is 2.74. The molecule has 1 aliphatic rings. The van der Waals surface area contributed by atoms with Crippen LogP contribution in [-0.4, -0.2) is 10.9 Å². The van der Waals surface area contributed by atoms with Crippen LogP contribution < -0.4 is 5.32 Å². The first-order chi connectivity index (χ1) is 7.75. The standard InChI is InChI=1S/C12H15BrN2O/c13-10-6-3-7-14-12(10)15-11(16)8-9-4-1-2-5-9/h3,6-7,9H,1-2,4-5,8H2,(H,14,15,16). The smallest absolute Gasteiger partial charge is 0.225 e. The summed E-state index contributed by atoms with van der Waals surface area (Å²) in [6, 6.07) is 3.70. The van der Waals surface area contributed by atoms with Gasteiger partial charge in [0.2, 0.25) is 5.91 Å².